The van der Waals surface area contributed by atoms with Crippen LogP contribution < -0.4 is 5.43 Å². The van der Waals surface area contributed by atoms with E-state index in [9.17, 15) is 4.79 Å². The van der Waals surface area contributed by atoms with Crippen molar-refractivity contribution in [3.8, 4) is 0 Å². The smallest absolute Gasteiger partial charge is 0.193 e. The molecule has 1 aromatic heterocycles. The zero-order chi connectivity index (χ0) is 11.3. The summed E-state index contributed by atoms with van der Waals surface area (Å²) < 4.78 is 5.38. The first-order valence-corrected chi connectivity index (χ1v) is 5.01. The molecule has 0 unspecified atom stereocenters. The van der Waals surface area contributed by atoms with Crippen LogP contribution >= 0.6 is 0 Å². The zero-order valence-corrected chi connectivity index (χ0v) is 9.20. The van der Waals surface area contributed by atoms with E-state index in [0.717, 1.165) is 0 Å². The first-order valence-electron chi connectivity index (χ1n) is 5.01. The third-order valence-corrected chi connectivity index (χ3v) is 1.80. The molecule has 0 atom stereocenters. The van der Waals surface area contributed by atoms with Crippen LogP contribution in [0.1, 0.15) is 30.9 Å². The molecule has 0 saturated carbocycles. The van der Waals surface area contributed by atoms with Crippen molar-refractivity contribution in [3.63, 3.8) is 0 Å². The van der Waals surface area contributed by atoms with Crippen LogP contribution in [0, 0.1) is 6.92 Å². The summed E-state index contributed by atoms with van der Waals surface area (Å²) in [5, 5.41) is 0. The van der Waals surface area contributed by atoms with E-state index in [1.54, 1.807) is 31.2 Å². The number of aryl methyl sites for hydroxylation is 1. The highest BCUT2D eigenvalue weighted by molar-refractivity contribution is 5.63. The lowest BCUT2D eigenvalue weighted by atomic mass is 10.2. The van der Waals surface area contributed by atoms with Gasteiger partial charge in [0.25, 0.3) is 0 Å². The fourth-order valence-electron chi connectivity index (χ4n) is 1.23. The van der Waals surface area contributed by atoms with Gasteiger partial charge in [0.1, 0.15) is 11.5 Å². The van der Waals surface area contributed by atoms with E-state index in [1.165, 1.54) is 6.07 Å². The van der Waals surface area contributed by atoms with Crippen LogP contribution in [0.25, 0.3) is 12.2 Å². The van der Waals surface area contributed by atoms with Gasteiger partial charge in [-0.05, 0) is 25.2 Å². The zero-order valence-electron chi connectivity index (χ0n) is 9.20. The van der Waals surface area contributed by atoms with Crippen molar-refractivity contribution in [1.29, 1.82) is 0 Å². The molecule has 0 amide bonds. The number of allylic oxidation sites excluding steroid dienone is 2. The van der Waals surface area contributed by atoms with Crippen molar-refractivity contribution in [2.45, 2.75) is 20.8 Å². The van der Waals surface area contributed by atoms with Gasteiger partial charge < -0.3 is 4.42 Å². The predicted octanol–water partition coefficient (Wildman–Crippen LogP) is 3.17. The molecule has 1 aromatic rings. The van der Waals surface area contributed by atoms with Gasteiger partial charge in [0, 0.05) is 6.07 Å². The fourth-order valence-corrected chi connectivity index (χ4v) is 1.23. The molecular weight excluding hydrogens is 188 g/mol. The Morgan fingerprint density at radius 2 is 2.07 bits per heavy atom. The van der Waals surface area contributed by atoms with Crippen LogP contribution in [0.5, 0.6) is 0 Å². The van der Waals surface area contributed by atoms with E-state index in [4.69, 9.17) is 4.42 Å². The molecule has 0 N–H and O–H groups in total. The molecule has 0 spiro atoms. The first kappa shape index (κ1) is 11.3. The van der Waals surface area contributed by atoms with Crippen LogP contribution in [0.2, 0.25) is 0 Å². The van der Waals surface area contributed by atoms with Crippen molar-refractivity contribution in [2.75, 3.05) is 0 Å². The summed E-state index contributed by atoms with van der Waals surface area (Å²) in [6.45, 7) is 5.76. The van der Waals surface area contributed by atoms with Crippen LogP contribution in [0.3, 0.4) is 0 Å². The monoisotopic (exact) mass is 202 g/mol. The summed E-state index contributed by atoms with van der Waals surface area (Å²) in [4.78, 5) is 11.5. The normalized spacial score (nSPS) is 11.4. The Hall–Kier alpha value is -1.79. The Morgan fingerprint density at radius 3 is 2.80 bits per heavy atom. The third kappa shape index (κ3) is 2.58. The molecule has 0 bridgehead atoms. The Morgan fingerprint density at radius 1 is 1.33 bits per heavy atom. The summed E-state index contributed by atoms with van der Waals surface area (Å²) in [7, 11) is 0. The third-order valence-electron chi connectivity index (χ3n) is 1.80. The average molecular weight is 202 g/mol. The van der Waals surface area contributed by atoms with Gasteiger partial charge in [0.2, 0.25) is 0 Å². The van der Waals surface area contributed by atoms with Gasteiger partial charge in [-0.2, -0.15) is 0 Å². The van der Waals surface area contributed by atoms with Crippen molar-refractivity contribution in [2.24, 2.45) is 0 Å². The van der Waals surface area contributed by atoms with E-state index >= 15 is 0 Å². The molecule has 0 saturated heterocycles. The summed E-state index contributed by atoms with van der Waals surface area (Å²) in [5.74, 6) is 1.23. The van der Waals surface area contributed by atoms with Gasteiger partial charge in [0.05, 0.1) is 5.56 Å². The molecule has 78 valence electrons. The molecule has 2 rings (SSSR count). The lowest BCUT2D eigenvalue weighted by molar-refractivity contribution is 0.504. The topological polar surface area (TPSA) is 30.2 Å². The molecule has 0 aliphatic heterocycles. The first-order chi connectivity index (χ1) is 7.27. The maximum atomic E-state index is 11.5. The largest absolute Gasteiger partial charge is 0.461 e. The number of fused-ring (bicyclic) bond motifs is 1. The Labute approximate surface area is 89.2 Å². The fraction of sp³-hybridized carbons (Fsp3) is 0.231. The Bertz CT molecular complexity index is 484. The second-order valence-corrected chi connectivity index (χ2v) is 2.84. The SMILES string of the molecule is CC.Cc1cc(=O)c2c(o1)C=CC=C=C2. The number of rotatable bonds is 0. The summed E-state index contributed by atoms with van der Waals surface area (Å²) in [5.41, 5.74) is 3.41. The standard InChI is InChI=1S/C11H8O2.C2H6/c1-8-7-10(12)9-5-3-2-4-6-11(9)13-8;1-2/h2,4-7H,1H3;1-2H3. The molecule has 2 nitrogen and oxygen atoms in total. The van der Waals surface area contributed by atoms with Crippen LogP contribution in [0.15, 0.2) is 33.2 Å². The predicted molar refractivity (Wildman–Crippen MR) is 62.6 cm³/mol. The molecule has 15 heavy (non-hydrogen) atoms. The lowest BCUT2D eigenvalue weighted by Gasteiger charge is -1.98. The van der Waals surface area contributed by atoms with Crippen molar-refractivity contribution in [1.82, 2.24) is 0 Å². The van der Waals surface area contributed by atoms with Crippen molar-refractivity contribution in [3.05, 3.63) is 51.3 Å². The quantitative estimate of drug-likeness (QED) is 0.605. The molecule has 0 aromatic carbocycles. The maximum absolute atomic E-state index is 11.5. The van der Waals surface area contributed by atoms with Gasteiger partial charge in [-0.25, -0.2) is 0 Å². The van der Waals surface area contributed by atoms with Crippen LogP contribution in [0.4, 0.5) is 0 Å². The summed E-state index contributed by atoms with van der Waals surface area (Å²) >= 11 is 0. The van der Waals surface area contributed by atoms with Gasteiger partial charge in [-0.3, -0.25) is 4.79 Å². The van der Waals surface area contributed by atoms with E-state index in [2.05, 4.69) is 5.73 Å². The minimum absolute atomic E-state index is 0.0220. The summed E-state index contributed by atoms with van der Waals surface area (Å²) in [6.07, 6.45) is 6.94. The molecule has 0 radical (unpaired) electrons. The Balaban J connectivity index is 0.000000531. The van der Waals surface area contributed by atoms with E-state index < -0.39 is 0 Å². The lowest BCUT2D eigenvalue weighted by Crippen LogP contribution is -2.05. The van der Waals surface area contributed by atoms with Gasteiger partial charge in [-0.1, -0.05) is 19.9 Å². The van der Waals surface area contributed by atoms with Crippen LogP contribution in [-0.4, -0.2) is 0 Å². The molecule has 1 aliphatic rings. The van der Waals surface area contributed by atoms with Crippen LogP contribution in [-0.2, 0) is 0 Å². The second kappa shape index (κ2) is 5.18. The van der Waals surface area contributed by atoms with E-state index in [0.29, 0.717) is 17.1 Å². The second-order valence-electron chi connectivity index (χ2n) is 2.84. The molecule has 1 heterocycles. The number of hydrogen-bond acceptors (Lipinski definition) is 2. The molecular formula is C13H14O2. The molecule has 2 heteroatoms. The van der Waals surface area contributed by atoms with Crippen molar-refractivity contribution < 1.29 is 4.42 Å². The van der Waals surface area contributed by atoms with Gasteiger partial charge >= 0.3 is 0 Å². The Kier molecular flexibility index (Phi) is 3.90. The molecule has 0 fully saturated rings. The number of hydrogen-bond donors (Lipinski definition) is 0. The minimum Gasteiger partial charge on any atom is -0.461 e. The van der Waals surface area contributed by atoms with Crippen molar-refractivity contribution >= 4 is 12.2 Å². The highest BCUT2D eigenvalue weighted by atomic mass is 16.3. The minimum atomic E-state index is -0.0220. The highest BCUT2D eigenvalue weighted by Gasteiger charge is 2.05. The summed E-state index contributed by atoms with van der Waals surface area (Å²) in [6, 6.07) is 1.48. The average Bonchev–Trinajstić information content (AvgIpc) is 2.46. The van der Waals surface area contributed by atoms with Gasteiger partial charge in [0.15, 0.2) is 5.43 Å². The van der Waals surface area contributed by atoms with Gasteiger partial charge in [-0.15, -0.1) is 5.73 Å². The maximum Gasteiger partial charge on any atom is 0.193 e. The van der Waals surface area contributed by atoms with E-state index in [-0.39, 0.29) is 5.43 Å². The highest BCUT2D eigenvalue weighted by Crippen LogP contribution is 2.12. The molecule has 1 aliphatic carbocycles. The van der Waals surface area contributed by atoms with E-state index in [1.807, 2.05) is 13.8 Å².